The number of esters is 1. The molecule has 27 heavy (non-hydrogen) atoms. The van der Waals surface area contributed by atoms with E-state index in [4.69, 9.17) is 14.2 Å². The Kier molecular flexibility index (Phi) is 7.63. The Hall–Kier alpha value is -3.06. The number of para-hydroxylation sites is 2. The number of hydrogen-bond donors (Lipinski definition) is 2. The lowest BCUT2D eigenvalue weighted by atomic mass is 10.0. The largest absolute Gasteiger partial charge is 0.493 e. The second kappa shape index (κ2) is 10.2. The van der Waals surface area contributed by atoms with Gasteiger partial charge in [0.15, 0.2) is 24.1 Å². The summed E-state index contributed by atoms with van der Waals surface area (Å²) in [5, 5.41) is 13.0. The minimum atomic E-state index is -1.25. The molecule has 144 valence electrons. The zero-order valence-electron chi connectivity index (χ0n) is 15.3. The maximum absolute atomic E-state index is 12.3. The lowest BCUT2D eigenvalue weighted by molar-refractivity contribution is -0.151. The van der Waals surface area contributed by atoms with Crippen LogP contribution in [0.5, 0.6) is 11.5 Å². The standard InChI is InChI=1S/C20H23NO6/c1-3-26-20(24)18(19(23)14-9-5-4-6-10-14)21-17(22)13-27-16-12-8-7-11-15(16)25-2/h4-12,18-19,23H,3,13H2,1-2H3,(H,21,22). The van der Waals surface area contributed by atoms with E-state index in [0.717, 1.165) is 0 Å². The molecule has 0 fully saturated rings. The fourth-order valence-electron chi connectivity index (χ4n) is 2.44. The third-order valence-corrected chi connectivity index (χ3v) is 3.74. The molecule has 2 unspecified atom stereocenters. The summed E-state index contributed by atoms with van der Waals surface area (Å²) in [6, 6.07) is 14.2. The lowest BCUT2D eigenvalue weighted by Gasteiger charge is -2.23. The van der Waals surface area contributed by atoms with Crippen LogP contribution in [0.4, 0.5) is 0 Å². The first kappa shape index (κ1) is 20.3. The smallest absolute Gasteiger partial charge is 0.331 e. The number of carbonyl (C=O) groups is 2. The van der Waals surface area contributed by atoms with Gasteiger partial charge in [-0.25, -0.2) is 4.79 Å². The molecule has 0 spiro atoms. The van der Waals surface area contributed by atoms with E-state index in [2.05, 4.69) is 5.32 Å². The van der Waals surface area contributed by atoms with Gasteiger partial charge in [-0.05, 0) is 24.6 Å². The van der Waals surface area contributed by atoms with Gasteiger partial charge >= 0.3 is 5.97 Å². The summed E-state index contributed by atoms with van der Waals surface area (Å²) < 4.78 is 15.6. The summed E-state index contributed by atoms with van der Waals surface area (Å²) in [5.41, 5.74) is 0.488. The summed E-state index contributed by atoms with van der Waals surface area (Å²) in [7, 11) is 1.50. The number of nitrogens with one attached hydrogen (secondary N) is 1. The van der Waals surface area contributed by atoms with Crippen molar-refractivity contribution in [3.8, 4) is 11.5 Å². The van der Waals surface area contributed by atoms with Crippen molar-refractivity contribution in [1.29, 1.82) is 0 Å². The Labute approximate surface area is 157 Å². The van der Waals surface area contributed by atoms with Crippen molar-refractivity contribution in [2.24, 2.45) is 0 Å². The number of aliphatic hydroxyl groups is 1. The Balaban J connectivity index is 2.05. The molecule has 7 heteroatoms. The number of hydrogen-bond acceptors (Lipinski definition) is 6. The second-order valence-electron chi connectivity index (χ2n) is 5.59. The van der Waals surface area contributed by atoms with Gasteiger partial charge in [0, 0.05) is 0 Å². The molecular formula is C20H23NO6. The first-order chi connectivity index (χ1) is 13.1. The van der Waals surface area contributed by atoms with Gasteiger partial charge in [-0.3, -0.25) is 4.79 Å². The Bertz CT molecular complexity index is 749. The van der Waals surface area contributed by atoms with Crippen LogP contribution in [0, 0.1) is 0 Å². The highest BCUT2D eigenvalue weighted by molar-refractivity contribution is 5.86. The zero-order valence-corrected chi connectivity index (χ0v) is 15.3. The molecule has 0 radical (unpaired) electrons. The van der Waals surface area contributed by atoms with Gasteiger partial charge in [0.2, 0.25) is 0 Å². The molecule has 0 aliphatic carbocycles. The number of ether oxygens (including phenoxy) is 3. The zero-order chi connectivity index (χ0) is 19.6. The summed E-state index contributed by atoms with van der Waals surface area (Å²) in [6.45, 7) is 1.43. The topological polar surface area (TPSA) is 94.1 Å². The van der Waals surface area contributed by atoms with Gasteiger partial charge < -0.3 is 24.6 Å². The Morgan fingerprint density at radius 2 is 1.67 bits per heavy atom. The van der Waals surface area contributed by atoms with Crippen LogP contribution in [0.3, 0.4) is 0 Å². The van der Waals surface area contributed by atoms with Crippen molar-refractivity contribution in [2.45, 2.75) is 19.1 Å². The molecule has 0 saturated carbocycles. The SMILES string of the molecule is CCOC(=O)C(NC(=O)COc1ccccc1OC)C(O)c1ccccc1. The van der Waals surface area contributed by atoms with Crippen LogP contribution in [0.25, 0.3) is 0 Å². The van der Waals surface area contributed by atoms with Gasteiger partial charge in [-0.2, -0.15) is 0 Å². The molecule has 0 bridgehead atoms. The normalized spacial score (nSPS) is 12.6. The number of rotatable bonds is 9. The third-order valence-electron chi connectivity index (χ3n) is 3.74. The molecule has 2 aromatic rings. The van der Waals surface area contributed by atoms with E-state index in [0.29, 0.717) is 17.1 Å². The van der Waals surface area contributed by atoms with Crippen molar-refractivity contribution in [2.75, 3.05) is 20.3 Å². The van der Waals surface area contributed by atoms with E-state index < -0.39 is 24.0 Å². The molecule has 2 atom stereocenters. The molecule has 0 aliphatic rings. The summed E-state index contributed by atoms with van der Waals surface area (Å²) in [5.74, 6) is -0.420. The van der Waals surface area contributed by atoms with Crippen molar-refractivity contribution >= 4 is 11.9 Å². The molecule has 2 N–H and O–H groups in total. The van der Waals surface area contributed by atoms with Crippen LogP contribution < -0.4 is 14.8 Å². The predicted molar refractivity (Wildman–Crippen MR) is 98.5 cm³/mol. The maximum Gasteiger partial charge on any atom is 0.331 e. The van der Waals surface area contributed by atoms with E-state index in [1.54, 1.807) is 61.5 Å². The summed E-state index contributed by atoms with van der Waals surface area (Å²) in [4.78, 5) is 24.5. The molecule has 2 rings (SSSR count). The van der Waals surface area contributed by atoms with E-state index in [9.17, 15) is 14.7 Å². The van der Waals surface area contributed by atoms with Crippen LogP contribution in [0.15, 0.2) is 54.6 Å². The van der Waals surface area contributed by atoms with Gasteiger partial charge in [0.25, 0.3) is 5.91 Å². The first-order valence-corrected chi connectivity index (χ1v) is 8.51. The van der Waals surface area contributed by atoms with Crippen molar-refractivity contribution in [1.82, 2.24) is 5.32 Å². The molecule has 0 aliphatic heterocycles. The summed E-state index contributed by atoms with van der Waals surface area (Å²) >= 11 is 0. The van der Waals surface area contributed by atoms with Crippen LogP contribution in [0.1, 0.15) is 18.6 Å². The van der Waals surface area contributed by atoms with Crippen molar-refractivity contribution in [3.63, 3.8) is 0 Å². The van der Waals surface area contributed by atoms with E-state index in [-0.39, 0.29) is 13.2 Å². The number of aliphatic hydroxyl groups excluding tert-OH is 1. The maximum atomic E-state index is 12.3. The molecular weight excluding hydrogens is 350 g/mol. The molecule has 0 heterocycles. The van der Waals surface area contributed by atoms with Gasteiger partial charge in [0.05, 0.1) is 13.7 Å². The quantitative estimate of drug-likeness (QED) is 0.652. The predicted octanol–water partition coefficient (Wildman–Crippen LogP) is 1.86. The molecule has 7 nitrogen and oxygen atoms in total. The van der Waals surface area contributed by atoms with E-state index in [1.807, 2.05) is 0 Å². The van der Waals surface area contributed by atoms with E-state index in [1.165, 1.54) is 7.11 Å². The number of carbonyl (C=O) groups excluding carboxylic acids is 2. The van der Waals surface area contributed by atoms with Crippen LogP contribution in [-0.2, 0) is 14.3 Å². The average Bonchev–Trinajstić information content (AvgIpc) is 2.71. The average molecular weight is 373 g/mol. The highest BCUT2D eigenvalue weighted by atomic mass is 16.5. The molecule has 2 aromatic carbocycles. The van der Waals surface area contributed by atoms with Crippen molar-refractivity contribution in [3.05, 3.63) is 60.2 Å². The van der Waals surface area contributed by atoms with Crippen LogP contribution in [-0.4, -0.2) is 43.3 Å². The molecule has 0 saturated heterocycles. The minimum absolute atomic E-state index is 0.129. The molecule has 1 amide bonds. The summed E-state index contributed by atoms with van der Waals surface area (Å²) in [6.07, 6.45) is -1.25. The molecule has 0 aromatic heterocycles. The second-order valence-corrected chi connectivity index (χ2v) is 5.59. The Morgan fingerprint density at radius 1 is 1.04 bits per heavy atom. The first-order valence-electron chi connectivity index (χ1n) is 8.51. The van der Waals surface area contributed by atoms with Crippen LogP contribution in [0.2, 0.25) is 0 Å². The van der Waals surface area contributed by atoms with Crippen molar-refractivity contribution < 1.29 is 28.9 Å². The van der Waals surface area contributed by atoms with Gasteiger partial charge in [0.1, 0.15) is 6.10 Å². The number of methoxy groups -OCH3 is 1. The fraction of sp³-hybridized carbons (Fsp3) is 0.300. The van der Waals surface area contributed by atoms with Crippen LogP contribution >= 0.6 is 0 Å². The van der Waals surface area contributed by atoms with E-state index >= 15 is 0 Å². The number of amides is 1. The van der Waals surface area contributed by atoms with Gasteiger partial charge in [-0.1, -0.05) is 42.5 Å². The Morgan fingerprint density at radius 3 is 2.30 bits per heavy atom. The lowest BCUT2D eigenvalue weighted by Crippen LogP contribution is -2.47. The number of benzene rings is 2. The minimum Gasteiger partial charge on any atom is -0.493 e. The monoisotopic (exact) mass is 373 g/mol. The fourth-order valence-corrected chi connectivity index (χ4v) is 2.44. The third kappa shape index (κ3) is 5.72. The van der Waals surface area contributed by atoms with Gasteiger partial charge in [-0.15, -0.1) is 0 Å². The highest BCUT2D eigenvalue weighted by Crippen LogP contribution is 2.25. The highest BCUT2D eigenvalue weighted by Gasteiger charge is 2.31.